The number of carbonyl (C=O) groups excluding carboxylic acids is 1. The summed E-state index contributed by atoms with van der Waals surface area (Å²) in [4.78, 5) is 22.4. The van der Waals surface area contributed by atoms with Gasteiger partial charge in [0.15, 0.2) is 0 Å². The van der Waals surface area contributed by atoms with E-state index in [-0.39, 0.29) is 6.03 Å². The van der Waals surface area contributed by atoms with Crippen LogP contribution in [0.25, 0.3) is 0 Å². The molecule has 21 heavy (non-hydrogen) atoms. The predicted molar refractivity (Wildman–Crippen MR) is 83.7 cm³/mol. The molecule has 0 aliphatic carbocycles. The van der Waals surface area contributed by atoms with Gasteiger partial charge in [-0.3, -0.25) is 4.79 Å². The van der Waals surface area contributed by atoms with Crippen molar-refractivity contribution in [3.8, 4) is 5.75 Å². The van der Waals surface area contributed by atoms with Crippen LogP contribution in [0.4, 0.5) is 10.5 Å². The van der Waals surface area contributed by atoms with Crippen molar-refractivity contribution in [2.75, 3.05) is 19.0 Å². The number of aliphatic carboxylic acids is 1. The molecule has 3 N–H and O–H groups in total. The Balaban J connectivity index is 2.39. The molecule has 1 atom stereocenters. The maximum Gasteiger partial charge on any atom is 0.319 e. The van der Waals surface area contributed by atoms with Gasteiger partial charge in [0.25, 0.3) is 0 Å². The summed E-state index contributed by atoms with van der Waals surface area (Å²) < 4.78 is 5.84. The Kier molecular flexibility index (Phi) is 7.01. The van der Waals surface area contributed by atoms with Gasteiger partial charge in [0.2, 0.25) is 0 Å². The molecule has 1 unspecified atom stereocenters. The zero-order valence-electron chi connectivity index (χ0n) is 12.0. The summed E-state index contributed by atoms with van der Waals surface area (Å²) in [5, 5.41) is 14.1. The number of hydrogen-bond donors (Lipinski definition) is 3. The smallest absolute Gasteiger partial charge is 0.319 e. The number of carbonyl (C=O) groups is 2. The van der Waals surface area contributed by atoms with Gasteiger partial charge in [0, 0.05) is 17.1 Å². The third-order valence-corrected chi connectivity index (χ3v) is 3.63. The SMILES string of the molecule is COc1ccc(Br)c(NC(=O)NCCCC(C)C(=O)O)c1. The number of benzene rings is 1. The number of rotatable bonds is 7. The molecule has 0 spiro atoms. The molecule has 7 heteroatoms. The Labute approximate surface area is 132 Å². The first-order valence-electron chi connectivity index (χ1n) is 6.55. The van der Waals surface area contributed by atoms with Gasteiger partial charge in [-0.05, 0) is 40.9 Å². The zero-order chi connectivity index (χ0) is 15.8. The lowest BCUT2D eigenvalue weighted by Gasteiger charge is -2.11. The molecule has 0 saturated heterocycles. The highest BCUT2D eigenvalue weighted by Crippen LogP contribution is 2.26. The average molecular weight is 359 g/mol. The van der Waals surface area contributed by atoms with Gasteiger partial charge < -0.3 is 20.5 Å². The fourth-order valence-electron chi connectivity index (χ4n) is 1.63. The molecule has 6 nitrogen and oxygen atoms in total. The summed E-state index contributed by atoms with van der Waals surface area (Å²) in [7, 11) is 1.55. The second-order valence-electron chi connectivity index (χ2n) is 4.61. The van der Waals surface area contributed by atoms with E-state index in [2.05, 4.69) is 26.6 Å². The van der Waals surface area contributed by atoms with Crippen molar-refractivity contribution in [3.05, 3.63) is 22.7 Å². The second kappa shape index (κ2) is 8.51. The number of nitrogens with one attached hydrogen (secondary N) is 2. The van der Waals surface area contributed by atoms with Crippen LogP contribution in [0.5, 0.6) is 5.75 Å². The largest absolute Gasteiger partial charge is 0.497 e. The van der Waals surface area contributed by atoms with Crippen molar-refractivity contribution in [1.29, 1.82) is 0 Å². The van der Waals surface area contributed by atoms with E-state index >= 15 is 0 Å². The summed E-state index contributed by atoms with van der Waals surface area (Å²) in [6.07, 6.45) is 1.14. The Morgan fingerprint density at radius 3 is 2.76 bits per heavy atom. The average Bonchev–Trinajstić information content (AvgIpc) is 2.45. The van der Waals surface area contributed by atoms with Crippen LogP contribution in [0, 0.1) is 5.92 Å². The van der Waals surface area contributed by atoms with Crippen LogP contribution in [-0.4, -0.2) is 30.8 Å². The number of halogens is 1. The highest BCUT2D eigenvalue weighted by molar-refractivity contribution is 9.10. The minimum Gasteiger partial charge on any atom is -0.497 e. The monoisotopic (exact) mass is 358 g/mol. The molecular weight excluding hydrogens is 340 g/mol. The molecule has 2 amide bonds. The van der Waals surface area contributed by atoms with Crippen LogP contribution < -0.4 is 15.4 Å². The molecule has 1 aromatic carbocycles. The molecule has 0 fully saturated rings. The van der Waals surface area contributed by atoms with Crippen molar-refractivity contribution in [3.63, 3.8) is 0 Å². The van der Waals surface area contributed by atoms with Crippen molar-refractivity contribution >= 4 is 33.6 Å². The molecular formula is C14H19BrN2O4. The lowest BCUT2D eigenvalue weighted by molar-refractivity contribution is -0.141. The first-order chi connectivity index (χ1) is 9.93. The molecule has 0 aliphatic heterocycles. The molecule has 116 valence electrons. The lowest BCUT2D eigenvalue weighted by atomic mass is 10.1. The summed E-state index contributed by atoms with van der Waals surface area (Å²) >= 11 is 3.34. The number of hydrogen-bond acceptors (Lipinski definition) is 3. The normalized spacial score (nSPS) is 11.6. The van der Waals surface area contributed by atoms with E-state index in [1.807, 2.05) is 0 Å². The van der Waals surface area contributed by atoms with Crippen molar-refractivity contribution in [1.82, 2.24) is 5.32 Å². The molecule has 0 saturated carbocycles. The van der Waals surface area contributed by atoms with Crippen LogP contribution in [0.1, 0.15) is 19.8 Å². The van der Waals surface area contributed by atoms with Crippen LogP contribution in [0.3, 0.4) is 0 Å². The van der Waals surface area contributed by atoms with Crippen LogP contribution >= 0.6 is 15.9 Å². The Bertz CT molecular complexity index is 508. The fraction of sp³-hybridized carbons (Fsp3) is 0.429. The van der Waals surface area contributed by atoms with Gasteiger partial charge in [-0.1, -0.05) is 6.92 Å². The standard InChI is InChI=1S/C14H19BrN2O4/c1-9(13(18)19)4-3-7-16-14(20)17-12-8-10(21-2)5-6-11(12)15/h5-6,8-9H,3-4,7H2,1-2H3,(H,18,19)(H2,16,17,20). The van der Waals surface area contributed by atoms with E-state index in [0.29, 0.717) is 30.8 Å². The summed E-state index contributed by atoms with van der Waals surface area (Å²) in [6.45, 7) is 2.07. The lowest BCUT2D eigenvalue weighted by Crippen LogP contribution is -2.30. The maximum atomic E-state index is 11.7. The highest BCUT2D eigenvalue weighted by Gasteiger charge is 2.10. The summed E-state index contributed by atoms with van der Waals surface area (Å²) in [5.41, 5.74) is 0.603. The number of urea groups is 1. The van der Waals surface area contributed by atoms with Gasteiger partial charge in [-0.2, -0.15) is 0 Å². The van der Waals surface area contributed by atoms with Crippen LogP contribution in [-0.2, 0) is 4.79 Å². The van der Waals surface area contributed by atoms with Crippen molar-refractivity contribution in [2.24, 2.45) is 5.92 Å². The molecule has 1 rings (SSSR count). The first kappa shape index (κ1) is 17.3. The first-order valence-corrected chi connectivity index (χ1v) is 7.34. The van der Waals surface area contributed by atoms with Crippen LogP contribution in [0.15, 0.2) is 22.7 Å². The number of methoxy groups -OCH3 is 1. The van der Waals surface area contributed by atoms with Gasteiger partial charge in [0.05, 0.1) is 18.7 Å². The Morgan fingerprint density at radius 1 is 1.43 bits per heavy atom. The number of amides is 2. The molecule has 0 aromatic heterocycles. The molecule has 0 heterocycles. The van der Waals surface area contributed by atoms with Crippen molar-refractivity contribution < 1.29 is 19.4 Å². The number of anilines is 1. The van der Waals surface area contributed by atoms with Gasteiger partial charge in [0.1, 0.15) is 5.75 Å². The Hall–Kier alpha value is -1.76. The van der Waals surface area contributed by atoms with E-state index in [9.17, 15) is 9.59 Å². The number of carboxylic acids is 1. The highest BCUT2D eigenvalue weighted by atomic mass is 79.9. The van der Waals surface area contributed by atoms with E-state index in [1.165, 1.54) is 0 Å². The van der Waals surface area contributed by atoms with E-state index < -0.39 is 11.9 Å². The quantitative estimate of drug-likeness (QED) is 0.653. The van der Waals surface area contributed by atoms with Crippen molar-refractivity contribution in [2.45, 2.75) is 19.8 Å². The maximum absolute atomic E-state index is 11.7. The molecule has 1 aromatic rings. The summed E-state index contributed by atoms with van der Waals surface area (Å²) in [6, 6.07) is 4.92. The number of carboxylic acid groups (broad SMARTS) is 1. The molecule has 0 radical (unpaired) electrons. The minimum absolute atomic E-state index is 0.341. The van der Waals surface area contributed by atoms with Gasteiger partial charge >= 0.3 is 12.0 Å². The topological polar surface area (TPSA) is 87.7 Å². The zero-order valence-corrected chi connectivity index (χ0v) is 13.6. The third kappa shape index (κ3) is 6.03. The van der Waals surface area contributed by atoms with Gasteiger partial charge in [-0.25, -0.2) is 4.79 Å². The van der Waals surface area contributed by atoms with E-state index in [1.54, 1.807) is 32.2 Å². The minimum atomic E-state index is -0.820. The van der Waals surface area contributed by atoms with E-state index in [4.69, 9.17) is 9.84 Å². The van der Waals surface area contributed by atoms with Gasteiger partial charge in [-0.15, -0.1) is 0 Å². The third-order valence-electron chi connectivity index (χ3n) is 2.94. The van der Waals surface area contributed by atoms with E-state index in [0.717, 1.165) is 4.47 Å². The van der Waals surface area contributed by atoms with Crippen LogP contribution in [0.2, 0.25) is 0 Å². The molecule has 0 bridgehead atoms. The fourth-order valence-corrected chi connectivity index (χ4v) is 1.97. The summed E-state index contributed by atoms with van der Waals surface area (Å²) in [5.74, 6) is -0.578. The second-order valence-corrected chi connectivity index (χ2v) is 5.46. The Morgan fingerprint density at radius 2 is 2.14 bits per heavy atom. The molecule has 0 aliphatic rings. The number of ether oxygens (including phenoxy) is 1. The predicted octanol–water partition coefficient (Wildman–Crippen LogP) is 3.08.